The summed E-state index contributed by atoms with van der Waals surface area (Å²) in [6.07, 6.45) is -3.14. The molecule has 1 aliphatic rings. The molecule has 3 aromatic rings. The zero-order chi connectivity index (χ0) is 19.9. The Hall–Kier alpha value is -3.42. The van der Waals surface area contributed by atoms with Gasteiger partial charge in [0, 0.05) is 29.1 Å². The highest BCUT2D eigenvalue weighted by Gasteiger charge is 2.31. The molecule has 0 saturated heterocycles. The minimum atomic E-state index is -4.77. The number of hydrogen-bond donors (Lipinski definition) is 0. The summed E-state index contributed by atoms with van der Waals surface area (Å²) in [7, 11) is 0. The van der Waals surface area contributed by atoms with E-state index in [-0.39, 0.29) is 18.1 Å². The van der Waals surface area contributed by atoms with Gasteiger partial charge in [-0.2, -0.15) is 0 Å². The van der Waals surface area contributed by atoms with Crippen LogP contribution in [0.15, 0.2) is 59.5 Å². The van der Waals surface area contributed by atoms with E-state index in [1.165, 1.54) is 22.8 Å². The average Bonchev–Trinajstić information content (AvgIpc) is 3.10. The quantitative estimate of drug-likeness (QED) is 0.665. The van der Waals surface area contributed by atoms with Crippen LogP contribution in [0.25, 0.3) is 16.8 Å². The van der Waals surface area contributed by atoms with Gasteiger partial charge in [0.1, 0.15) is 5.75 Å². The lowest BCUT2D eigenvalue weighted by Crippen LogP contribution is -2.19. The number of halogens is 3. The maximum Gasteiger partial charge on any atom is 0.573 e. The fraction of sp³-hybridized carbons (Fsp3) is 0.150. The predicted octanol–water partition coefficient (Wildman–Crippen LogP) is 4.44. The van der Waals surface area contributed by atoms with Crippen LogP contribution in [0.5, 0.6) is 17.2 Å². The standard InChI is InChI=1S/C20H14F3NO4/c1-12-9-18(25)24(13-5-7-14(8-6-13)28-20(21,22)23)10-16(12)15-3-2-4-17-19(15)27-11-26-17/h2-10H,11H2,1H3. The first-order valence-electron chi connectivity index (χ1n) is 8.30. The fourth-order valence-corrected chi connectivity index (χ4v) is 3.06. The second-order valence-corrected chi connectivity index (χ2v) is 6.16. The summed E-state index contributed by atoms with van der Waals surface area (Å²) in [5.41, 5.74) is 2.35. The Kier molecular flexibility index (Phi) is 4.26. The monoisotopic (exact) mass is 389 g/mol. The van der Waals surface area contributed by atoms with Crippen LogP contribution in [0.3, 0.4) is 0 Å². The molecule has 0 fully saturated rings. The van der Waals surface area contributed by atoms with E-state index >= 15 is 0 Å². The van der Waals surface area contributed by atoms with Crippen molar-refractivity contribution in [1.82, 2.24) is 4.57 Å². The Morgan fingerprint density at radius 2 is 1.79 bits per heavy atom. The van der Waals surface area contributed by atoms with Gasteiger partial charge in [-0.05, 0) is 42.8 Å². The number of alkyl halides is 3. The number of nitrogens with zero attached hydrogens (tertiary/aromatic N) is 1. The van der Waals surface area contributed by atoms with Crippen molar-refractivity contribution in [3.05, 3.63) is 70.6 Å². The van der Waals surface area contributed by atoms with E-state index in [0.717, 1.165) is 28.8 Å². The van der Waals surface area contributed by atoms with Crippen LogP contribution in [0.1, 0.15) is 5.56 Å². The van der Waals surface area contributed by atoms with Crippen molar-refractivity contribution in [1.29, 1.82) is 0 Å². The molecule has 4 rings (SSSR count). The molecule has 2 heterocycles. The molecule has 0 N–H and O–H groups in total. The van der Waals surface area contributed by atoms with Crippen molar-refractivity contribution in [2.75, 3.05) is 6.79 Å². The van der Waals surface area contributed by atoms with Crippen molar-refractivity contribution < 1.29 is 27.4 Å². The van der Waals surface area contributed by atoms with Crippen LogP contribution in [-0.4, -0.2) is 17.7 Å². The first kappa shape index (κ1) is 18.0. The highest BCUT2D eigenvalue weighted by Crippen LogP contribution is 2.41. The van der Waals surface area contributed by atoms with Crippen LogP contribution >= 0.6 is 0 Å². The highest BCUT2D eigenvalue weighted by atomic mass is 19.4. The number of fused-ring (bicyclic) bond motifs is 1. The number of hydrogen-bond acceptors (Lipinski definition) is 4. The molecule has 144 valence electrons. The van der Waals surface area contributed by atoms with Gasteiger partial charge in [-0.1, -0.05) is 12.1 Å². The number of benzene rings is 2. The van der Waals surface area contributed by atoms with E-state index in [1.54, 1.807) is 19.2 Å². The van der Waals surface area contributed by atoms with E-state index in [9.17, 15) is 18.0 Å². The molecule has 0 unspecified atom stereocenters. The summed E-state index contributed by atoms with van der Waals surface area (Å²) in [5, 5.41) is 0. The molecule has 0 saturated carbocycles. The largest absolute Gasteiger partial charge is 0.573 e. The molecule has 0 atom stereocenters. The number of para-hydroxylation sites is 1. The van der Waals surface area contributed by atoms with Gasteiger partial charge in [0.2, 0.25) is 6.79 Å². The van der Waals surface area contributed by atoms with Gasteiger partial charge in [0.05, 0.1) is 0 Å². The van der Waals surface area contributed by atoms with E-state index < -0.39 is 6.36 Å². The summed E-state index contributed by atoms with van der Waals surface area (Å²) >= 11 is 0. The SMILES string of the molecule is Cc1cc(=O)n(-c2ccc(OC(F)(F)F)cc2)cc1-c1cccc2c1OCO2. The normalized spacial score (nSPS) is 12.9. The van der Waals surface area contributed by atoms with E-state index in [2.05, 4.69) is 4.74 Å². The lowest BCUT2D eigenvalue weighted by Gasteiger charge is -2.14. The zero-order valence-electron chi connectivity index (χ0n) is 14.6. The molecule has 1 aromatic heterocycles. The number of aryl methyl sites for hydroxylation is 1. The van der Waals surface area contributed by atoms with Gasteiger partial charge in [-0.3, -0.25) is 9.36 Å². The number of ether oxygens (including phenoxy) is 3. The molecule has 0 amide bonds. The Bertz CT molecular complexity index is 1090. The highest BCUT2D eigenvalue weighted by molar-refractivity contribution is 5.76. The first-order valence-corrected chi connectivity index (χ1v) is 8.30. The summed E-state index contributed by atoms with van der Waals surface area (Å²) in [6.45, 7) is 1.92. The molecule has 0 aliphatic carbocycles. The Labute approximate surface area is 157 Å². The number of pyridine rings is 1. The zero-order valence-corrected chi connectivity index (χ0v) is 14.6. The maximum absolute atomic E-state index is 12.5. The van der Waals surface area contributed by atoms with Crippen molar-refractivity contribution in [2.24, 2.45) is 0 Å². The Morgan fingerprint density at radius 1 is 1.04 bits per heavy atom. The van der Waals surface area contributed by atoms with Crippen LogP contribution in [0, 0.1) is 6.92 Å². The van der Waals surface area contributed by atoms with Gasteiger partial charge >= 0.3 is 6.36 Å². The third kappa shape index (κ3) is 3.40. The minimum absolute atomic E-state index is 0.117. The van der Waals surface area contributed by atoms with Gasteiger partial charge in [0.15, 0.2) is 11.5 Å². The van der Waals surface area contributed by atoms with Crippen LogP contribution in [0.4, 0.5) is 13.2 Å². The molecular formula is C20H14F3NO4. The lowest BCUT2D eigenvalue weighted by atomic mass is 10.0. The van der Waals surface area contributed by atoms with E-state index in [4.69, 9.17) is 9.47 Å². The van der Waals surface area contributed by atoms with Crippen molar-refractivity contribution in [3.8, 4) is 34.1 Å². The van der Waals surface area contributed by atoms with E-state index in [1.807, 2.05) is 12.1 Å². The van der Waals surface area contributed by atoms with E-state index in [0.29, 0.717) is 17.2 Å². The van der Waals surface area contributed by atoms with Crippen molar-refractivity contribution in [2.45, 2.75) is 13.3 Å². The molecule has 28 heavy (non-hydrogen) atoms. The van der Waals surface area contributed by atoms with Crippen molar-refractivity contribution >= 4 is 0 Å². The fourth-order valence-electron chi connectivity index (χ4n) is 3.06. The lowest BCUT2D eigenvalue weighted by molar-refractivity contribution is -0.274. The molecule has 0 radical (unpaired) electrons. The summed E-state index contributed by atoms with van der Waals surface area (Å²) in [5.74, 6) is 0.844. The van der Waals surface area contributed by atoms with Gasteiger partial charge < -0.3 is 14.2 Å². The summed E-state index contributed by atoms with van der Waals surface area (Å²) < 4.78 is 53.1. The molecule has 0 bridgehead atoms. The molecule has 1 aliphatic heterocycles. The Morgan fingerprint density at radius 3 is 2.50 bits per heavy atom. The maximum atomic E-state index is 12.5. The molecule has 2 aromatic carbocycles. The predicted molar refractivity (Wildman–Crippen MR) is 95.0 cm³/mol. The van der Waals surface area contributed by atoms with Gasteiger partial charge in [-0.15, -0.1) is 13.2 Å². The van der Waals surface area contributed by atoms with Gasteiger partial charge in [-0.25, -0.2) is 0 Å². The number of aromatic nitrogens is 1. The average molecular weight is 389 g/mol. The smallest absolute Gasteiger partial charge is 0.454 e. The Balaban J connectivity index is 1.77. The van der Waals surface area contributed by atoms with Crippen LogP contribution in [0.2, 0.25) is 0 Å². The topological polar surface area (TPSA) is 49.7 Å². The first-order chi connectivity index (χ1) is 13.3. The molecule has 0 spiro atoms. The minimum Gasteiger partial charge on any atom is -0.454 e. The number of rotatable bonds is 3. The second-order valence-electron chi connectivity index (χ2n) is 6.16. The third-order valence-electron chi connectivity index (χ3n) is 4.30. The summed E-state index contributed by atoms with van der Waals surface area (Å²) in [4.78, 5) is 12.5. The molecular weight excluding hydrogens is 375 g/mol. The van der Waals surface area contributed by atoms with Gasteiger partial charge in [0.25, 0.3) is 5.56 Å². The second kappa shape index (κ2) is 6.63. The van der Waals surface area contributed by atoms with Crippen molar-refractivity contribution in [3.63, 3.8) is 0 Å². The van der Waals surface area contributed by atoms with Crippen LogP contribution in [-0.2, 0) is 0 Å². The molecule has 5 nitrogen and oxygen atoms in total. The molecule has 8 heteroatoms. The van der Waals surface area contributed by atoms with Crippen LogP contribution < -0.4 is 19.8 Å². The summed E-state index contributed by atoms with van der Waals surface area (Å²) in [6, 6.07) is 12.0. The third-order valence-corrected chi connectivity index (χ3v) is 4.30.